The highest BCUT2D eigenvalue weighted by Crippen LogP contribution is 2.25. The first-order chi connectivity index (χ1) is 9.10. The van der Waals surface area contributed by atoms with Crippen LogP contribution in [0.2, 0.25) is 0 Å². The van der Waals surface area contributed by atoms with Crippen molar-refractivity contribution in [1.29, 1.82) is 0 Å². The van der Waals surface area contributed by atoms with E-state index in [1.165, 1.54) is 6.07 Å². The Hall–Kier alpha value is -2.23. The van der Waals surface area contributed by atoms with Crippen LogP contribution in [0.4, 0.5) is 21.5 Å². The predicted molar refractivity (Wildman–Crippen MR) is 76.4 cm³/mol. The van der Waals surface area contributed by atoms with Crippen molar-refractivity contribution in [2.75, 3.05) is 17.7 Å². The van der Waals surface area contributed by atoms with Gasteiger partial charge in [0.15, 0.2) is 0 Å². The van der Waals surface area contributed by atoms with Crippen molar-refractivity contribution < 1.29 is 9.13 Å². The van der Waals surface area contributed by atoms with Crippen LogP contribution in [0.3, 0.4) is 0 Å². The molecule has 0 unspecified atom stereocenters. The molecule has 0 aliphatic carbocycles. The quantitative estimate of drug-likeness (QED) is 0.821. The Bertz CT molecular complexity index is 584. The summed E-state index contributed by atoms with van der Waals surface area (Å²) in [5.74, 6) is 0.434. The van der Waals surface area contributed by atoms with Gasteiger partial charge < -0.3 is 15.8 Å². The van der Waals surface area contributed by atoms with Crippen LogP contribution in [-0.4, -0.2) is 6.61 Å². The van der Waals surface area contributed by atoms with Crippen LogP contribution in [0.1, 0.15) is 12.5 Å². The molecule has 3 nitrogen and oxygen atoms in total. The number of nitrogens with one attached hydrogen (secondary N) is 1. The molecule has 0 spiro atoms. The number of aryl methyl sites for hydroxylation is 1. The van der Waals surface area contributed by atoms with E-state index in [1.54, 1.807) is 12.1 Å². The van der Waals surface area contributed by atoms with E-state index in [1.807, 2.05) is 32.0 Å². The summed E-state index contributed by atoms with van der Waals surface area (Å²) in [6.45, 7) is 4.55. The number of rotatable bonds is 4. The zero-order valence-electron chi connectivity index (χ0n) is 11.0. The Morgan fingerprint density at radius 3 is 2.47 bits per heavy atom. The largest absolute Gasteiger partial charge is 0.494 e. The highest BCUT2D eigenvalue weighted by molar-refractivity contribution is 5.63. The van der Waals surface area contributed by atoms with Gasteiger partial charge >= 0.3 is 0 Å². The van der Waals surface area contributed by atoms with Crippen molar-refractivity contribution >= 4 is 17.1 Å². The van der Waals surface area contributed by atoms with Gasteiger partial charge in [-0.1, -0.05) is 0 Å². The number of halogens is 1. The molecular formula is C15H17FN2O. The summed E-state index contributed by atoms with van der Waals surface area (Å²) in [4.78, 5) is 0. The monoisotopic (exact) mass is 260 g/mol. The average Bonchev–Trinajstić information content (AvgIpc) is 2.37. The number of ether oxygens (including phenoxy) is 1. The molecule has 0 fully saturated rings. The molecule has 0 saturated heterocycles. The fraction of sp³-hybridized carbons (Fsp3) is 0.200. The average molecular weight is 260 g/mol. The van der Waals surface area contributed by atoms with Gasteiger partial charge in [-0.05, 0) is 55.8 Å². The van der Waals surface area contributed by atoms with E-state index >= 15 is 0 Å². The van der Waals surface area contributed by atoms with Gasteiger partial charge in [-0.3, -0.25) is 0 Å². The molecule has 0 atom stereocenters. The molecule has 0 aromatic heterocycles. The lowest BCUT2D eigenvalue weighted by Crippen LogP contribution is -1.97. The van der Waals surface area contributed by atoms with E-state index in [2.05, 4.69) is 5.32 Å². The van der Waals surface area contributed by atoms with E-state index in [9.17, 15) is 4.39 Å². The standard InChI is InChI=1S/C15H17FN2O/c1-3-19-15-7-5-11(8-10(15)2)18-12-4-6-14(17)13(16)9-12/h4-9,18H,3,17H2,1-2H3. The van der Waals surface area contributed by atoms with E-state index in [0.29, 0.717) is 12.3 Å². The van der Waals surface area contributed by atoms with Crippen LogP contribution in [0.5, 0.6) is 5.75 Å². The van der Waals surface area contributed by atoms with Crippen molar-refractivity contribution in [3.8, 4) is 5.75 Å². The smallest absolute Gasteiger partial charge is 0.148 e. The molecule has 0 bridgehead atoms. The van der Waals surface area contributed by atoms with Gasteiger partial charge in [0, 0.05) is 11.4 Å². The Morgan fingerprint density at radius 1 is 1.16 bits per heavy atom. The third-order valence-electron chi connectivity index (χ3n) is 2.76. The normalized spacial score (nSPS) is 10.3. The lowest BCUT2D eigenvalue weighted by Gasteiger charge is -2.11. The minimum Gasteiger partial charge on any atom is -0.494 e. The van der Waals surface area contributed by atoms with E-state index in [0.717, 1.165) is 17.0 Å². The molecule has 0 radical (unpaired) electrons. The van der Waals surface area contributed by atoms with Gasteiger partial charge in [0.05, 0.1) is 12.3 Å². The van der Waals surface area contributed by atoms with Crippen LogP contribution < -0.4 is 15.8 Å². The van der Waals surface area contributed by atoms with Gasteiger partial charge in [0.1, 0.15) is 11.6 Å². The van der Waals surface area contributed by atoms with E-state index < -0.39 is 5.82 Å². The van der Waals surface area contributed by atoms with Crippen molar-refractivity contribution in [2.45, 2.75) is 13.8 Å². The lowest BCUT2D eigenvalue weighted by atomic mass is 10.2. The molecule has 2 aromatic rings. The van der Waals surface area contributed by atoms with Crippen molar-refractivity contribution in [2.24, 2.45) is 0 Å². The number of hydrogen-bond donors (Lipinski definition) is 2. The van der Waals surface area contributed by atoms with Crippen LogP contribution >= 0.6 is 0 Å². The zero-order valence-corrected chi connectivity index (χ0v) is 11.0. The molecule has 0 saturated carbocycles. The summed E-state index contributed by atoms with van der Waals surface area (Å²) >= 11 is 0. The molecule has 3 N–H and O–H groups in total. The maximum absolute atomic E-state index is 13.3. The summed E-state index contributed by atoms with van der Waals surface area (Å²) in [6.07, 6.45) is 0. The van der Waals surface area contributed by atoms with Crippen LogP contribution in [0, 0.1) is 12.7 Å². The second kappa shape index (κ2) is 5.61. The Kier molecular flexibility index (Phi) is 3.90. The van der Waals surface area contributed by atoms with Gasteiger partial charge in [-0.25, -0.2) is 4.39 Å². The summed E-state index contributed by atoms with van der Waals surface area (Å²) < 4.78 is 18.8. The van der Waals surface area contributed by atoms with Gasteiger partial charge in [0.2, 0.25) is 0 Å². The second-order valence-electron chi connectivity index (χ2n) is 4.27. The van der Waals surface area contributed by atoms with Gasteiger partial charge in [-0.2, -0.15) is 0 Å². The molecule has 2 aromatic carbocycles. The highest BCUT2D eigenvalue weighted by atomic mass is 19.1. The second-order valence-corrected chi connectivity index (χ2v) is 4.27. The number of nitrogen functional groups attached to an aromatic ring is 1. The molecule has 19 heavy (non-hydrogen) atoms. The van der Waals surface area contributed by atoms with E-state index in [4.69, 9.17) is 10.5 Å². The summed E-state index contributed by atoms with van der Waals surface area (Å²) in [7, 11) is 0. The maximum atomic E-state index is 13.3. The molecule has 0 amide bonds. The van der Waals surface area contributed by atoms with Crippen molar-refractivity contribution in [3.63, 3.8) is 0 Å². The van der Waals surface area contributed by atoms with E-state index in [-0.39, 0.29) is 5.69 Å². The van der Waals surface area contributed by atoms with Crippen molar-refractivity contribution in [3.05, 3.63) is 47.8 Å². The maximum Gasteiger partial charge on any atom is 0.148 e. The van der Waals surface area contributed by atoms with Gasteiger partial charge in [-0.15, -0.1) is 0 Å². The summed E-state index contributed by atoms with van der Waals surface area (Å²) in [6, 6.07) is 10.4. The fourth-order valence-electron chi connectivity index (χ4n) is 1.82. The molecule has 2 rings (SSSR count). The molecule has 100 valence electrons. The number of nitrogens with two attached hydrogens (primary N) is 1. The zero-order chi connectivity index (χ0) is 13.8. The third-order valence-corrected chi connectivity index (χ3v) is 2.76. The Balaban J connectivity index is 2.19. The molecule has 4 heteroatoms. The molecular weight excluding hydrogens is 243 g/mol. The minimum atomic E-state index is -0.423. The summed E-state index contributed by atoms with van der Waals surface area (Å²) in [5.41, 5.74) is 8.16. The first-order valence-corrected chi connectivity index (χ1v) is 6.15. The predicted octanol–water partition coefficient (Wildman–Crippen LogP) is 3.86. The number of benzene rings is 2. The SMILES string of the molecule is CCOc1ccc(Nc2ccc(N)c(F)c2)cc1C. The highest BCUT2D eigenvalue weighted by Gasteiger charge is 2.03. The molecule has 0 aliphatic heterocycles. The molecule has 0 heterocycles. The first-order valence-electron chi connectivity index (χ1n) is 6.15. The van der Waals surface area contributed by atoms with Crippen LogP contribution in [0.25, 0.3) is 0 Å². The minimum absolute atomic E-state index is 0.147. The van der Waals surface area contributed by atoms with Crippen LogP contribution in [-0.2, 0) is 0 Å². The Morgan fingerprint density at radius 2 is 1.84 bits per heavy atom. The summed E-state index contributed by atoms with van der Waals surface area (Å²) in [5, 5.41) is 3.13. The molecule has 0 aliphatic rings. The van der Waals surface area contributed by atoms with Gasteiger partial charge in [0.25, 0.3) is 0 Å². The Labute approximate surface area is 112 Å². The third kappa shape index (κ3) is 3.16. The van der Waals surface area contributed by atoms with Crippen molar-refractivity contribution in [1.82, 2.24) is 0 Å². The topological polar surface area (TPSA) is 47.3 Å². The number of hydrogen-bond acceptors (Lipinski definition) is 3. The lowest BCUT2D eigenvalue weighted by molar-refractivity contribution is 0.338. The first kappa shape index (κ1) is 13.2. The van der Waals surface area contributed by atoms with Crippen LogP contribution in [0.15, 0.2) is 36.4 Å². The fourth-order valence-corrected chi connectivity index (χ4v) is 1.82. The number of anilines is 3.